The molecule has 2 aliphatic rings. The first kappa shape index (κ1) is 13.3. The molecular weight excluding hydrogens is 269 g/mol. The highest BCUT2D eigenvalue weighted by atomic mass is 19.4. The fourth-order valence-electron chi connectivity index (χ4n) is 2.98. The molecule has 106 valence electrons. The molecule has 6 heteroatoms. The zero-order valence-corrected chi connectivity index (χ0v) is 10.6. The van der Waals surface area contributed by atoms with Crippen molar-refractivity contribution >= 4 is 5.69 Å². The van der Waals surface area contributed by atoms with Crippen molar-refractivity contribution in [3.8, 4) is 6.07 Å². The number of anilines is 1. The highest BCUT2D eigenvalue weighted by Gasteiger charge is 2.41. The van der Waals surface area contributed by atoms with Gasteiger partial charge in [-0.1, -0.05) is 0 Å². The van der Waals surface area contributed by atoms with Gasteiger partial charge < -0.3 is 10.1 Å². The summed E-state index contributed by atoms with van der Waals surface area (Å²) in [5, 5.41) is 12.1. The van der Waals surface area contributed by atoms with Crippen LogP contribution in [0, 0.1) is 11.3 Å². The van der Waals surface area contributed by atoms with Gasteiger partial charge in [-0.25, -0.2) is 0 Å². The van der Waals surface area contributed by atoms with Gasteiger partial charge in [0.1, 0.15) is 0 Å². The van der Waals surface area contributed by atoms with Gasteiger partial charge in [0.25, 0.3) is 0 Å². The zero-order chi connectivity index (χ0) is 14.3. The number of rotatable bonds is 2. The summed E-state index contributed by atoms with van der Waals surface area (Å²) in [6, 6.07) is 5.32. The quantitative estimate of drug-likeness (QED) is 0.905. The molecule has 1 aromatic rings. The van der Waals surface area contributed by atoms with Crippen LogP contribution in [-0.4, -0.2) is 18.2 Å². The predicted octanol–water partition coefficient (Wildman–Crippen LogP) is 3.31. The predicted molar refractivity (Wildman–Crippen MR) is 66.1 cm³/mol. The number of hydrogen-bond donors (Lipinski definition) is 1. The van der Waals surface area contributed by atoms with E-state index < -0.39 is 11.7 Å². The lowest BCUT2D eigenvalue weighted by Crippen LogP contribution is -2.30. The largest absolute Gasteiger partial charge is 0.417 e. The summed E-state index contributed by atoms with van der Waals surface area (Å²) in [5.41, 5.74) is -0.711. The Hall–Kier alpha value is -1.74. The lowest BCUT2D eigenvalue weighted by molar-refractivity contribution is -0.137. The van der Waals surface area contributed by atoms with Crippen LogP contribution >= 0.6 is 0 Å². The van der Waals surface area contributed by atoms with Crippen LogP contribution in [0.25, 0.3) is 0 Å². The maximum Gasteiger partial charge on any atom is 0.417 e. The smallest absolute Gasteiger partial charge is 0.380 e. The molecule has 0 saturated carbocycles. The van der Waals surface area contributed by atoms with Gasteiger partial charge in [0, 0.05) is 5.69 Å². The molecule has 20 heavy (non-hydrogen) atoms. The third-order valence-corrected chi connectivity index (χ3v) is 3.90. The normalized spacial score (nSPS) is 28.4. The number of nitrogens with one attached hydrogen (secondary N) is 1. The topological polar surface area (TPSA) is 45.0 Å². The minimum atomic E-state index is -4.50. The molecule has 2 fully saturated rings. The molecule has 3 nitrogen and oxygen atoms in total. The van der Waals surface area contributed by atoms with Crippen LogP contribution in [0.5, 0.6) is 0 Å². The molecular formula is C14H13F3N2O. The molecule has 2 aliphatic heterocycles. The Bertz CT molecular complexity index is 565. The summed E-state index contributed by atoms with van der Waals surface area (Å²) in [4.78, 5) is 0. The lowest BCUT2D eigenvalue weighted by atomic mass is 9.95. The Balaban J connectivity index is 1.80. The van der Waals surface area contributed by atoms with Crippen molar-refractivity contribution in [2.75, 3.05) is 5.32 Å². The van der Waals surface area contributed by atoms with Crippen LogP contribution in [0.4, 0.5) is 18.9 Å². The molecule has 0 aliphatic carbocycles. The summed E-state index contributed by atoms with van der Waals surface area (Å²) in [7, 11) is 0. The Morgan fingerprint density at radius 1 is 1.30 bits per heavy atom. The second-order valence-electron chi connectivity index (χ2n) is 5.23. The fourth-order valence-corrected chi connectivity index (χ4v) is 2.98. The Labute approximate surface area is 114 Å². The Kier molecular flexibility index (Phi) is 3.09. The van der Waals surface area contributed by atoms with Crippen LogP contribution < -0.4 is 5.32 Å². The first-order chi connectivity index (χ1) is 9.47. The second-order valence-corrected chi connectivity index (χ2v) is 5.23. The molecule has 0 radical (unpaired) electrons. The summed E-state index contributed by atoms with van der Waals surface area (Å²) >= 11 is 0. The molecule has 3 rings (SSSR count). The number of halogens is 3. The minimum absolute atomic E-state index is 0.122. The van der Waals surface area contributed by atoms with Gasteiger partial charge in [0.05, 0.1) is 35.4 Å². The average Bonchev–Trinajstić information content (AvgIpc) is 2.99. The first-order valence-electron chi connectivity index (χ1n) is 6.50. The van der Waals surface area contributed by atoms with Crippen molar-refractivity contribution in [3.05, 3.63) is 29.3 Å². The van der Waals surface area contributed by atoms with E-state index in [9.17, 15) is 13.2 Å². The van der Waals surface area contributed by atoms with Crippen molar-refractivity contribution in [2.24, 2.45) is 0 Å². The molecule has 1 N–H and O–H groups in total. The van der Waals surface area contributed by atoms with E-state index in [0.29, 0.717) is 5.69 Å². The Morgan fingerprint density at radius 2 is 2.10 bits per heavy atom. The van der Waals surface area contributed by atoms with Gasteiger partial charge in [0.15, 0.2) is 0 Å². The summed E-state index contributed by atoms with van der Waals surface area (Å²) in [6.07, 6.45) is -1.20. The van der Waals surface area contributed by atoms with Gasteiger partial charge >= 0.3 is 6.18 Å². The van der Waals surface area contributed by atoms with Crippen LogP contribution in [-0.2, 0) is 10.9 Å². The van der Waals surface area contributed by atoms with Crippen LogP contribution in [0.3, 0.4) is 0 Å². The van der Waals surface area contributed by atoms with E-state index in [2.05, 4.69) is 5.32 Å². The van der Waals surface area contributed by atoms with Crippen molar-refractivity contribution in [2.45, 2.75) is 43.7 Å². The van der Waals surface area contributed by atoms with Crippen molar-refractivity contribution in [1.82, 2.24) is 0 Å². The van der Waals surface area contributed by atoms with E-state index in [1.54, 1.807) is 6.07 Å². The minimum Gasteiger partial charge on any atom is -0.380 e. The highest BCUT2D eigenvalue weighted by Crippen LogP contribution is 2.37. The number of alkyl halides is 3. The maximum atomic E-state index is 12.7. The standard InChI is InChI=1S/C14H13F3N2O/c15-14(16,17)11-3-1-9(5-8(11)7-18)19-12-6-10-2-4-13(12)20-10/h1,3,5,10,12-13,19H,2,4,6H2. The van der Waals surface area contributed by atoms with Gasteiger partial charge in [0.2, 0.25) is 0 Å². The number of nitrogens with zero attached hydrogens (tertiary/aromatic N) is 1. The van der Waals surface area contributed by atoms with E-state index in [1.807, 2.05) is 0 Å². The Morgan fingerprint density at radius 3 is 2.65 bits per heavy atom. The molecule has 0 amide bonds. The molecule has 3 unspecified atom stereocenters. The molecule has 2 saturated heterocycles. The zero-order valence-electron chi connectivity index (χ0n) is 10.6. The molecule has 2 heterocycles. The second kappa shape index (κ2) is 4.67. The van der Waals surface area contributed by atoms with Crippen LogP contribution in [0.15, 0.2) is 18.2 Å². The van der Waals surface area contributed by atoms with E-state index in [-0.39, 0.29) is 23.8 Å². The van der Waals surface area contributed by atoms with E-state index in [0.717, 1.165) is 25.3 Å². The van der Waals surface area contributed by atoms with E-state index >= 15 is 0 Å². The van der Waals surface area contributed by atoms with Crippen molar-refractivity contribution in [3.63, 3.8) is 0 Å². The van der Waals surface area contributed by atoms with Crippen LogP contribution in [0.2, 0.25) is 0 Å². The molecule has 2 bridgehead atoms. The van der Waals surface area contributed by atoms with Gasteiger partial charge in [-0.3, -0.25) is 0 Å². The van der Waals surface area contributed by atoms with Gasteiger partial charge in [-0.05, 0) is 37.5 Å². The monoisotopic (exact) mass is 282 g/mol. The van der Waals surface area contributed by atoms with Crippen LogP contribution in [0.1, 0.15) is 30.4 Å². The third kappa shape index (κ3) is 2.34. The van der Waals surface area contributed by atoms with Crippen molar-refractivity contribution < 1.29 is 17.9 Å². The molecule has 3 atom stereocenters. The van der Waals surface area contributed by atoms with Gasteiger partial charge in [-0.2, -0.15) is 18.4 Å². The lowest BCUT2D eigenvalue weighted by Gasteiger charge is -2.21. The maximum absolute atomic E-state index is 12.7. The first-order valence-corrected chi connectivity index (χ1v) is 6.50. The molecule has 1 aromatic carbocycles. The van der Waals surface area contributed by atoms with E-state index in [1.165, 1.54) is 12.1 Å². The summed E-state index contributed by atoms with van der Waals surface area (Å²) in [6.45, 7) is 0. The van der Waals surface area contributed by atoms with E-state index in [4.69, 9.17) is 10.00 Å². The third-order valence-electron chi connectivity index (χ3n) is 3.90. The number of fused-ring (bicyclic) bond motifs is 2. The molecule has 0 aromatic heterocycles. The molecule has 0 spiro atoms. The number of nitriles is 1. The number of benzene rings is 1. The average molecular weight is 282 g/mol. The summed E-state index contributed by atoms with van der Waals surface area (Å²) in [5.74, 6) is 0. The highest BCUT2D eigenvalue weighted by molar-refractivity contribution is 5.54. The SMILES string of the molecule is N#Cc1cc(NC2CC3CCC2O3)ccc1C(F)(F)F. The fraction of sp³-hybridized carbons (Fsp3) is 0.500. The van der Waals surface area contributed by atoms with Gasteiger partial charge in [-0.15, -0.1) is 0 Å². The number of ether oxygens (including phenoxy) is 1. The number of hydrogen-bond acceptors (Lipinski definition) is 3. The van der Waals surface area contributed by atoms with Crippen molar-refractivity contribution in [1.29, 1.82) is 5.26 Å². The summed E-state index contributed by atoms with van der Waals surface area (Å²) < 4.78 is 43.8.